The largest absolute Gasteiger partial charge is 0.462 e. The second kappa shape index (κ2) is 49.5. The summed E-state index contributed by atoms with van der Waals surface area (Å²) in [6, 6.07) is 0. The molecule has 6 heteroatoms. The molecule has 0 aliphatic carbocycles. The first-order chi connectivity index (χ1) is 29.5. The third-order valence-corrected chi connectivity index (χ3v) is 11.7. The maximum absolute atomic E-state index is 12.8. The molecule has 1 atom stereocenters. The zero-order valence-electron chi connectivity index (χ0n) is 40.2. The van der Waals surface area contributed by atoms with Crippen LogP contribution >= 0.6 is 0 Å². The molecule has 0 heterocycles. The van der Waals surface area contributed by atoms with E-state index in [4.69, 9.17) is 14.2 Å². The Morgan fingerprint density at radius 1 is 0.317 bits per heavy atom. The van der Waals surface area contributed by atoms with Gasteiger partial charge in [-0.2, -0.15) is 0 Å². The lowest BCUT2D eigenvalue weighted by Gasteiger charge is -2.18. The second-order valence-electron chi connectivity index (χ2n) is 17.8. The minimum absolute atomic E-state index is 0.0756. The van der Waals surface area contributed by atoms with E-state index in [9.17, 15) is 14.4 Å². The van der Waals surface area contributed by atoms with Gasteiger partial charge in [-0.3, -0.25) is 14.4 Å². The van der Waals surface area contributed by atoms with Crippen LogP contribution in [0.15, 0.2) is 24.3 Å². The molecule has 0 aliphatic rings. The van der Waals surface area contributed by atoms with Gasteiger partial charge in [-0.15, -0.1) is 0 Å². The van der Waals surface area contributed by atoms with Crippen molar-refractivity contribution in [3.05, 3.63) is 24.3 Å². The molecular weight excluding hydrogens is 745 g/mol. The first kappa shape index (κ1) is 57.9. The molecule has 0 fully saturated rings. The number of carbonyl (C=O) groups excluding carboxylic acids is 3. The van der Waals surface area contributed by atoms with Gasteiger partial charge in [-0.1, -0.05) is 225 Å². The summed E-state index contributed by atoms with van der Waals surface area (Å²) in [5.74, 6) is -0.884. The Hall–Kier alpha value is -2.11. The Morgan fingerprint density at radius 3 is 0.883 bits per heavy atom. The van der Waals surface area contributed by atoms with Crippen LogP contribution in [0.25, 0.3) is 0 Å². The molecule has 0 aromatic heterocycles. The van der Waals surface area contributed by atoms with Gasteiger partial charge in [0.1, 0.15) is 13.2 Å². The van der Waals surface area contributed by atoms with Crippen LogP contribution in [0.2, 0.25) is 0 Å². The van der Waals surface area contributed by atoms with Crippen LogP contribution in [0.4, 0.5) is 0 Å². The molecule has 352 valence electrons. The van der Waals surface area contributed by atoms with E-state index in [1.165, 1.54) is 161 Å². The number of carbonyl (C=O) groups is 3. The molecule has 1 unspecified atom stereocenters. The van der Waals surface area contributed by atoms with Crippen LogP contribution in [0.5, 0.6) is 0 Å². The lowest BCUT2D eigenvalue weighted by Crippen LogP contribution is -2.30. The average Bonchev–Trinajstić information content (AvgIpc) is 3.24. The van der Waals surface area contributed by atoms with Crippen LogP contribution < -0.4 is 0 Å². The van der Waals surface area contributed by atoms with Crippen molar-refractivity contribution in [3.63, 3.8) is 0 Å². The van der Waals surface area contributed by atoms with E-state index in [-0.39, 0.29) is 31.1 Å². The number of rotatable bonds is 48. The average molecular weight is 845 g/mol. The molecule has 0 rings (SSSR count). The molecule has 6 nitrogen and oxygen atoms in total. The summed E-state index contributed by atoms with van der Waals surface area (Å²) in [6.45, 7) is 6.61. The zero-order valence-corrected chi connectivity index (χ0v) is 40.2. The molecule has 0 amide bonds. The summed E-state index contributed by atoms with van der Waals surface area (Å²) >= 11 is 0. The maximum Gasteiger partial charge on any atom is 0.306 e. The molecule has 0 saturated carbocycles. The number of hydrogen-bond acceptors (Lipinski definition) is 6. The van der Waals surface area contributed by atoms with Crippen molar-refractivity contribution in [1.29, 1.82) is 0 Å². The summed E-state index contributed by atoms with van der Waals surface area (Å²) in [4.78, 5) is 37.9. The van der Waals surface area contributed by atoms with Gasteiger partial charge in [0.05, 0.1) is 0 Å². The normalized spacial score (nSPS) is 12.1. The minimum atomic E-state index is -0.773. The SMILES string of the molecule is CCCC/C=C\CCCCCCC(=O)OCC(COC(=O)CCCCCCC/C=C\CCCCCCCCCCC)OC(=O)CCCCCCCCCCCCCCCC. The Morgan fingerprint density at radius 2 is 0.567 bits per heavy atom. The third kappa shape index (κ3) is 46.9. The summed E-state index contributed by atoms with van der Waals surface area (Å²) in [5, 5.41) is 0. The van der Waals surface area contributed by atoms with E-state index in [1.807, 2.05) is 0 Å². The fraction of sp³-hybridized carbons (Fsp3) is 0.870. The molecule has 0 spiro atoms. The van der Waals surface area contributed by atoms with Crippen LogP contribution in [-0.2, 0) is 28.6 Å². The fourth-order valence-electron chi connectivity index (χ4n) is 7.65. The topological polar surface area (TPSA) is 78.9 Å². The molecule has 0 aliphatic heterocycles. The highest BCUT2D eigenvalue weighted by Crippen LogP contribution is 2.16. The molecule has 0 radical (unpaired) electrons. The first-order valence-electron chi connectivity index (χ1n) is 26.3. The van der Waals surface area contributed by atoms with Crippen molar-refractivity contribution in [1.82, 2.24) is 0 Å². The van der Waals surface area contributed by atoms with Gasteiger partial charge < -0.3 is 14.2 Å². The smallest absolute Gasteiger partial charge is 0.306 e. The van der Waals surface area contributed by atoms with E-state index in [2.05, 4.69) is 45.1 Å². The molecule has 60 heavy (non-hydrogen) atoms. The van der Waals surface area contributed by atoms with E-state index in [0.29, 0.717) is 19.3 Å². The van der Waals surface area contributed by atoms with Gasteiger partial charge in [0, 0.05) is 19.3 Å². The Labute approximate surface area is 373 Å². The summed E-state index contributed by atoms with van der Waals surface area (Å²) in [7, 11) is 0. The molecule has 0 N–H and O–H groups in total. The lowest BCUT2D eigenvalue weighted by atomic mass is 10.0. The maximum atomic E-state index is 12.8. The van der Waals surface area contributed by atoms with Crippen LogP contribution in [0, 0.1) is 0 Å². The van der Waals surface area contributed by atoms with Gasteiger partial charge in [0.25, 0.3) is 0 Å². The second-order valence-corrected chi connectivity index (χ2v) is 17.8. The monoisotopic (exact) mass is 845 g/mol. The van der Waals surface area contributed by atoms with Crippen molar-refractivity contribution in [2.45, 2.75) is 290 Å². The predicted octanol–water partition coefficient (Wildman–Crippen LogP) is 17.2. The zero-order chi connectivity index (χ0) is 43.7. The van der Waals surface area contributed by atoms with Gasteiger partial charge in [0.15, 0.2) is 6.10 Å². The number of esters is 3. The lowest BCUT2D eigenvalue weighted by molar-refractivity contribution is -0.167. The summed E-state index contributed by atoms with van der Waals surface area (Å²) < 4.78 is 16.8. The Balaban J connectivity index is 4.30. The van der Waals surface area contributed by atoms with Crippen LogP contribution in [0.3, 0.4) is 0 Å². The van der Waals surface area contributed by atoms with E-state index in [0.717, 1.165) is 83.5 Å². The number of allylic oxidation sites excluding steroid dienone is 4. The quantitative estimate of drug-likeness (QED) is 0.0263. The van der Waals surface area contributed by atoms with Crippen LogP contribution in [-0.4, -0.2) is 37.2 Å². The van der Waals surface area contributed by atoms with E-state index >= 15 is 0 Å². The summed E-state index contributed by atoms with van der Waals surface area (Å²) in [6.07, 6.45) is 55.9. The first-order valence-corrected chi connectivity index (χ1v) is 26.3. The van der Waals surface area contributed by atoms with Gasteiger partial charge >= 0.3 is 17.9 Å². The van der Waals surface area contributed by atoms with E-state index in [1.54, 1.807) is 0 Å². The van der Waals surface area contributed by atoms with Gasteiger partial charge in [-0.05, 0) is 64.2 Å². The number of ether oxygens (including phenoxy) is 3. The van der Waals surface area contributed by atoms with Crippen molar-refractivity contribution >= 4 is 17.9 Å². The minimum Gasteiger partial charge on any atom is -0.462 e. The highest BCUT2D eigenvalue weighted by molar-refractivity contribution is 5.71. The Bertz CT molecular complexity index is 973. The molecule has 0 aromatic carbocycles. The third-order valence-electron chi connectivity index (χ3n) is 11.7. The van der Waals surface area contributed by atoms with Crippen molar-refractivity contribution in [2.24, 2.45) is 0 Å². The van der Waals surface area contributed by atoms with Crippen LogP contribution in [0.1, 0.15) is 284 Å². The van der Waals surface area contributed by atoms with Gasteiger partial charge in [-0.25, -0.2) is 0 Å². The highest BCUT2D eigenvalue weighted by atomic mass is 16.6. The van der Waals surface area contributed by atoms with Crippen molar-refractivity contribution < 1.29 is 28.6 Å². The van der Waals surface area contributed by atoms with Crippen molar-refractivity contribution in [3.8, 4) is 0 Å². The fourth-order valence-corrected chi connectivity index (χ4v) is 7.65. The molecule has 0 saturated heterocycles. The number of unbranched alkanes of at least 4 members (excludes halogenated alkanes) is 33. The van der Waals surface area contributed by atoms with E-state index < -0.39 is 6.10 Å². The van der Waals surface area contributed by atoms with Gasteiger partial charge in [0.2, 0.25) is 0 Å². The molecular formula is C54H100O6. The molecule has 0 bridgehead atoms. The Kier molecular flexibility index (Phi) is 47.8. The van der Waals surface area contributed by atoms with Crippen molar-refractivity contribution in [2.75, 3.05) is 13.2 Å². The molecule has 0 aromatic rings. The predicted molar refractivity (Wildman–Crippen MR) is 256 cm³/mol. The highest BCUT2D eigenvalue weighted by Gasteiger charge is 2.19. The standard InChI is InChI=1S/C54H100O6/c1-4-7-10-13-16-19-22-24-26-27-28-29-31-32-35-38-41-44-47-53(56)59-50-51(49-58-52(55)46-43-40-37-34-21-18-15-12-9-6-3)60-54(57)48-45-42-39-36-33-30-25-23-20-17-14-11-8-5-2/h15,18,28-29,51H,4-14,16-17,19-27,30-50H2,1-3H3/b18-15-,29-28-. The summed E-state index contributed by atoms with van der Waals surface area (Å²) in [5.41, 5.74) is 0. The number of hydrogen-bond donors (Lipinski definition) is 0.